The lowest BCUT2D eigenvalue weighted by molar-refractivity contribution is -0.158. The first-order chi connectivity index (χ1) is 23.3. The van der Waals surface area contributed by atoms with Crippen molar-refractivity contribution < 1.29 is 54.9 Å². The molecule has 4 rings (SSSR count). The van der Waals surface area contributed by atoms with E-state index < -0.39 is 72.3 Å². The molecule has 0 unspecified atom stereocenters. The zero-order valence-electron chi connectivity index (χ0n) is 26.5. The summed E-state index contributed by atoms with van der Waals surface area (Å²) in [5.41, 5.74) is 1.35. The van der Waals surface area contributed by atoms with Gasteiger partial charge in [-0.1, -0.05) is 36.4 Å². The second kappa shape index (κ2) is 17.3. The quantitative estimate of drug-likeness (QED) is 0.159. The van der Waals surface area contributed by atoms with Gasteiger partial charge in [0.2, 0.25) is 0 Å². The van der Waals surface area contributed by atoms with Gasteiger partial charge in [-0.05, 0) is 65.4 Å². The Bertz CT molecular complexity index is 1580. The molecule has 2 N–H and O–H groups in total. The predicted octanol–water partition coefficient (Wildman–Crippen LogP) is 5.95. The molecule has 1 fully saturated rings. The minimum Gasteiger partial charge on any atom is -0.464 e. The van der Waals surface area contributed by atoms with Crippen molar-refractivity contribution in [2.24, 2.45) is 0 Å². The normalized spacial score (nSPS) is 17.5. The number of hydrogen-bond donors (Lipinski definition) is 2. The number of rotatable bonds is 14. The Hall–Kier alpha value is -4.43. The van der Waals surface area contributed by atoms with Crippen LogP contribution in [0.25, 0.3) is 0 Å². The number of methoxy groups -OCH3 is 1. The lowest BCUT2D eigenvalue weighted by atomic mass is 9.81. The molecule has 1 heterocycles. The number of ketones is 1. The molecular formula is C35H36F6N2O6. The van der Waals surface area contributed by atoms with Gasteiger partial charge in [-0.15, -0.1) is 0 Å². The van der Waals surface area contributed by atoms with E-state index in [0.29, 0.717) is 29.7 Å². The number of carbonyl (C=O) groups excluding carboxylic acids is 3. The van der Waals surface area contributed by atoms with Crippen molar-refractivity contribution in [2.75, 3.05) is 26.9 Å². The third kappa shape index (κ3) is 11.3. The molecule has 14 heteroatoms. The molecule has 0 aromatic heterocycles. The third-order valence-corrected chi connectivity index (χ3v) is 8.10. The first-order valence-corrected chi connectivity index (χ1v) is 15.5. The maximum absolute atomic E-state index is 15.2. The third-order valence-electron chi connectivity index (χ3n) is 8.10. The van der Waals surface area contributed by atoms with Crippen LogP contribution in [0.5, 0.6) is 0 Å². The molecule has 1 amide bonds. The second-order valence-electron chi connectivity index (χ2n) is 11.6. The first-order valence-electron chi connectivity index (χ1n) is 15.5. The van der Waals surface area contributed by atoms with Gasteiger partial charge in [-0.3, -0.25) is 9.59 Å². The molecule has 1 aliphatic heterocycles. The molecule has 3 aromatic rings. The molecule has 264 valence electrons. The van der Waals surface area contributed by atoms with Crippen molar-refractivity contribution in [3.05, 3.63) is 106 Å². The van der Waals surface area contributed by atoms with Gasteiger partial charge in [-0.25, -0.2) is 18.0 Å². The van der Waals surface area contributed by atoms with Crippen LogP contribution in [0.1, 0.15) is 47.4 Å². The summed E-state index contributed by atoms with van der Waals surface area (Å²) in [5.74, 6) is -4.15. The van der Waals surface area contributed by atoms with Crippen LogP contribution in [0.4, 0.5) is 31.1 Å². The van der Waals surface area contributed by atoms with E-state index >= 15 is 4.39 Å². The van der Waals surface area contributed by atoms with Gasteiger partial charge >= 0.3 is 18.2 Å². The van der Waals surface area contributed by atoms with E-state index in [1.165, 1.54) is 54.6 Å². The van der Waals surface area contributed by atoms with Crippen molar-refractivity contribution in [3.8, 4) is 0 Å². The number of nitrogens with one attached hydrogen (secondary N) is 2. The molecule has 0 radical (unpaired) electrons. The number of esters is 1. The minimum atomic E-state index is -4.46. The molecular weight excluding hydrogens is 658 g/mol. The summed E-state index contributed by atoms with van der Waals surface area (Å²) in [6.07, 6.45) is -7.64. The molecule has 3 aromatic carbocycles. The molecule has 4 atom stereocenters. The van der Waals surface area contributed by atoms with Crippen molar-refractivity contribution in [1.29, 1.82) is 0 Å². The van der Waals surface area contributed by atoms with Crippen molar-refractivity contribution in [3.63, 3.8) is 0 Å². The number of amides is 1. The Balaban J connectivity index is 1.45. The van der Waals surface area contributed by atoms with Gasteiger partial charge in [0, 0.05) is 18.9 Å². The number of carbonyl (C=O) groups is 3. The van der Waals surface area contributed by atoms with E-state index in [2.05, 4.69) is 10.6 Å². The minimum absolute atomic E-state index is 0.103. The largest absolute Gasteiger partial charge is 0.464 e. The molecule has 0 saturated carbocycles. The summed E-state index contributed by atoms with van der Waals surface area (Å²) in [6, 6.07) is 13.2. The van der Waals surface area contributed by atoms with Crippen LogP contribution >= 0.6 is 0 Å². The Morgan fingerprint density at radius 3 is 2.37 bits per heavy atom. The van der Waals surface area contributed by atoms with Crippen LogP contribution in [0.15, 0.2) is 66.7 Å². The van der Waals surface area contributed by atoms with Crippen molar-refractivity contribution in [2.45, 2.75) is 62.4 Å². The van der Waals surface area contributed by atoms with Gasteiger partial charge in [0.15, 0.2) is 5.78 Å². The topological polar surface area (TPSA) is 103 Å². The van der Waals surface area contributed by atoms with Crippen LogP contribution < -0.4 is 10.6 Å². The molecule has 0 spiro atoms. The maximum atomic E-state index is 15.2. The predicted molar refractivity (Wildman–Crippen MR) is 165 cm³/mol. The molecule has 0 bridgehead atoms. The summed E-state index contributed by atoms with van der Waals surface area (Å²) >= 11 is 0. The SMILES string of the molecule is COC(=O)N[C@H](C(=O)Cc1cccc(F)c1CC[C@@H]1CN[C@H](COC(=O)CCC(F)(F)F)CO1)[C@@H](c1ccc(F)cc1)c1cccc(F)c1. The number of halogens is 6. The van der Waals surface area contributed by atoms with Crippen LogP contribution in [0.3, 0.4) is 0 Å². The first kappa shape index (κ1) is 37.4. The van der Waals surface area contributed by atoms with E-state index in [9.17, 15) is 36.3 Å². The number of Topliss-reactive ketones (excluding diaryl/α,β-unsaturated/α-hetero) is 1. The molecule has 1 aliphatic rings. The molecule has 1 saturated heterocycles. The summed E-state index contributed by atoms with van der Waals surface area (Å²) in [6.45, 7) is 0.232. The summed E-state index contributed by atoms with van der Waals surface area (Å²) in [4.78, 5) is 38.1. The zero-order chi connectivity index (χ0) is 35.6. The van der Waals surface area contributed by atoms with E-state index in [-0.39, 0.29) is 37.7 Å². The highest BCUT2D eigenvalue weighted by Crippen LogP contribution is 2.31. The maximum Gasteiger partial charge on any atom is 0.407 e. The average Bonchev–Trinajstić information content (AvgIpc) is 3.06. The number of hydrogen-bond acceptors (Lipinski definition) is 7. The fourth-order valence-corrected chi connectivity index (χ4v) is 5.61. The van der Waals surface area contributed by atoms with Crippen LogP contribution in [0, 0.1) is 17.5 Å². The number of alkyl carbamates (subject to hydrolysis) is 1. The fraction of sp³-hybridized carbons (Fsp3) is 0.400. The van der Waals surface area contributed by atoms with Crippen molar-refractivity contribution >= 4 is 17.8 Å². The molecule has 8 nitrogen and oxygen atoms in total. The average molecular weight is 695 g/mol. The summed E-state index contributed by atoms with van der Waals surface area (Å²) in [7, 11) is 1.12. The van der Waals surface area contributed by atoms with Crippen molar-refractivity contribution in [1.82, 2.24) is 10.6 Å². The smallest absolute Gasteiger partial charge is 0.407 e. The van der Waals surface area contributed by atoms with Gasteiger partial charge in [0.25, 0.3) is 0 Å². The van der Waals surface area contributed by atoms with Gasteiger partial charge < -0.3 is 24.8 Å². The highest BCUT2D eigenvalue weighted by molar-refractivity contribution is 5.91. The molecule has 0 aliphatic carbocycles. The number of morpholine rings is 1. The number of alkyl halides is 3. The van der Waals surface area contributed by atoms with E-state index in [4.69, 9.17) is 14.2 Å². The highest BCUT2D eigenvalue weighted by Gasteiger charge is 2.34. The highest BCUT2D eigenvalue weighted by atomic mass is 19.4. The standard InChI is InChI=1S/C35H36F6N2O6/c1-47-34(46)43-33(32(21-8-10-24(36)11-9-21)23-5-2-6-25(37)16-23)30(44)17-22-4-3-7-29(38)28(22)13-12-27-18-42-26(19-48-27)20-49-31(45)14-15-35(39,40)41/h2-11,16,26-27,32-33,42H,12-15,17-20H2,1H3,(H,43,46)/t26-,27+,32-,33+/m0/s1. The Labute approximate surface area is 279 Å². The Morgan fingerprint density at radius 1 is 0.980 bits per heavy atom. The van der Waals surface area contributed by atoms with Gasteiger partial charge in [-0.2, -0.15) is 13.2 Å². The van der Waals surface area contributed by atoms with E-state index in [0.717, 1.165) is 7.11 Å². The van der Waals surface area contributed by atoms with E-state index in [1.807, 2.05) is 0 Å². The van der Waals surface area contributed by atoms with Gasteiger partial charge in [0.05, 0.1) is 38.7 Å². The summed E-state index contributed by atoms with van der Waals surface area (Å²) in [5, 5.41) is 5.65. The second-order valence-corrected chi connectivity index (χ2v) is 11.6. The lowest BCUT2D eigenvalue weighted by Crippen LogP contribution is -2.49. The monoisotopic (exact) mass is 694 g/mol. The van der Waals surface area contributed by atoms with Crippen LogP contribution in [-0.4, -0.2) is 69.1 Å². The van der Waals surface area contributed by atoms with Crippen LogP contribution in [-0.2, 0) is 36.6 Å². The summed E-state index contributed by atoms with van der Waals surface area (Å²) < 4.78 is 95.9. The number of ether oxygens (including phenoxy) is 3. The van der Waals surface area contributed by atoms with Crippen LogP contribution in [0.2, 0.25) is 0 Å². The van der Waals surface area contributed by atoms with Gasteiger partial charge in [0.1, 0.15) is 30.1 Å². The number of benzene rings is 3. The van der Waals surface area contributed by atoms with E-state index in [1.54, 1.807) is 12.1 Å². The Morgan fingerprint density at radius 2 is 1.71 bits per heavy atom. The fourth-order valence-electron chi connectivity index (χ4n) is 5.61. The molecule has 49 heavy (non-hydrogen) atoms. The zero-order valence-corrected chi connectivity index (χ0v) is 26.5. The lowest BCUT2D eigenvalue weighted by Gasteiger charge is -2.30. The Kier molecular flexibility index (Phi) is 13.2.